The molecule has 20 heavy (non-hydrogen) atoms. The second-order valence-electron chi connectivity index (χ2n) is 4.91. The molecule has 0 bridgehead atoms. The van der Waals surface area contributed by atoms with Crippen molar-refractivity contribution in [2.75, 3.05) is 6.54 Å². The molecule has 3 nitrogen and oxygen atoms in total. The number of amides is 1. The highest BCUT2D eigenvalue weighted by Gasteiger charge is 2.45. The Balaban J connectivity index is 2.13. The molecule has 0 radical (unpaired) electrons. The lowest BCUT2D eigenvalue weighted by Crippen LogP contribution is -2.51. The number of hydrogen-bond donors (Lipinski definition) is 1. The van der Waals surface area contributed by atoms with Crippen molar-refractivity contribution in [1.82, 2.24) is 10.4 Å². The number of carbonyl (C=O) groups excluding carboxylic acids is 1. The summed E-state index contributed by atoms with van der Waals surface area (Å²) < 4.78 is 39.4. The maximum Gasteiger partial charge on any atom is 0.406 e. The van der Waals surface area contributed by atoms with Crippen LogP contribution < -0.4 is 5.43 Å². The molecule has 1 aromatic rings. The van der Waals surface area contributed by atoms with Crippen molar-refractivity contribution < 1.29 is 18.0 Å². The third kappa shape index (κ3) is 3.50. The van der Waals surface area contributed by atoms with Gasteiger partial charge in [-0.25, -0.2) is 5.01 Å². The number of aryl methyl sites for hydroxylation is 1. The van der Waals surface area contributed by atoms with Crippen LogP contribution in [0.25, 0.3) is 0 Å². The summed E-state index contributed by atoms with van der Waals surface area (Å²) in [6.07, 6.45) is -3.57. The number of halogens is 3. The average Bonchev–Trinajstić information content (AvgIpc) is 2.81. The number of nitrogens with one attached hydrogen (secondary N) is 1. The van der Waals surface area contributed by atoms with Crippen LogP contribution in [-0.4, -0.2) is 29.7 Å². The smallest absolute Gasteiger partial charge is 0.288 e. The normalized spacial score (nSPS) is 18.1. The zero-order valence-electron chi connectivity index (χ0n) is 11.2. The standard InChI is InChI=1S/C14H17F3N2O/c1-2-10-3-5-11(6-4-10)9-12(14(15,16)17)19-8-7-13(20)18-19/h3-6,12H,2,7-9H2,1H3,(H,18,20). The topological polar surface area (TPSA) is 32.3 Å². The van der Waals surface area contributed by atoms with Crippen LogP contribution in [0.15, 0.2) is 24.3 Å². The Labute approximate surface area is 115 Å². The Kier molecular flexibility index (Phi) is 4.32. The van der Waals surface area contributed by atoms with Gasteiger partial charge in [0.2, 0.25) is 5.91 Å². The Morgan fingerprint density at radius 2 is 1.85 bits per heavy atom. The minimum Gasteiger partial charge on any atom is -0.288 e. The van der Waals surface area contributed by atoms with E-state index in [1.807, 2.05) is 19.1 Å². The van der Waals surface area contributed by atoms with Gasteiger partial charge in [0.15, 0.2) is 0 Å². The predicted octanol–water partition coefficient (Wildman–Crippen LogP) is 2.46. The second kappa shape index (κ2) is 5.83. The summed E-state index contributed by atoms with van der Waals surface area (Å²) in [7, 11) is 0. The fourth-order valence-electron chi connectivity index (χ4n) is 2.26. The second-order valence-corrected chi connectivity index (χ2v) is 4.91. The highest BCUT2D eigenvalue weighted by atomic mass is 19.4. The number of carbonyl (C=O) groups is 1. The maximum absolute atomic E-state index is 13.1. The van der Waals surface area contributed by atoms with Gasteiger partial charge in [-0.3, -0.25) is 10.2 Å². The van der Waals surface area contributed by atoms with Crippen LogP contribution >= 0.6 is 0 Å². The van der Waals surface area contributed by atoms with Crippen LogP contribution in [-0.2, 0) is 17.6 Å². The van der Waals surface area contributed by atoms with Gasteiger partial charge in [-0.15, -0.1) is 0 Å². The number of nitrogens with zero attached hydrogens (tertiary/aromatic N) is 1. The van der Waals surface area contributed by atoms with E-state index in [4.69, 9.17) is 0 Å². The minimum atomic E-state index is -4.37. The molecule has 1 fully saturated rings. The van der Waals surface area contributed by atoms with Gasteiger partial charge in [0.25, 0.3) is 0 Å². The Morgan fingerprint density at radius 3 is 2.30 bits per heavy atom. The van der Waals surface area contributed by atoms with E-state index in [0.29, 0.717) is 5.56 Å². The Morgan fingerprint density at radius 1 is 1.25 bits per heavy atom. The molecule has 0 aromatic heterocycles. The molecule has 0 aliphatic carbocycles. The van der Waals surface area contributed by atoms with Gasteiger partial charge < -0.3 is 0 Å². The molecule has 0 saturated carbocycles. The van der Waals surface area contributed by atoms with E-state index in [1.54, 1.807) is 12.1 Å². The summed E-state index contributed by atoms with van der Waals surface area (Å²) >= 11 is 0. The SMILES string of the molecule is CCc1ccc(CC(N2CCC(=O)N2)C(F)(F)F)cc1. The molecule has 1 aromatic carbocycles. The lowest BCUT2D eigenvalue weighted by molar-refractivity contribution is -0.187. The lowest BCUT2D eigenvalue weighted by Gasteiger charge is -2.29. The van der Waals surface area contributed by atoms with Gasteiger partial charge >= 0.3 is 6.18 Å². The minimum absolute atomic E-state index is 0.0933. The van der Waals surface area contributed by atoms with E-state index in [0.717, 1.165) is 17.0 Å². The molecule has 0 spiro atoms. The van der Waals surface area contributed by atoms with Crippen molar-refractivity contribution in [2.24, 2.45) is 0 Å². The first kappa shape index (κ1) is 14.8. The Bertz CT molecular complexity index is 470. The fourth-order valence-corrected chi connectivity index (χ4v) is 2.26. The molecular formula is C14H17F3N2O. The summed E-state index contributed by atoms with van der Waals surface area (Å²) in [5, 5.41) is 0.996. The van der Waals surface area contributed by atoms with Crippen LogP contribution in [0.1, 0.15) is 24.5 Å². The highest BCUT2D eigenvalue weighted by molar-refractivity contribution is 5.77. The summed E-state index contributed by atoms with van der Waals surface area (Å²) in [4.78, 5) is 11.1. The molecule has 110 valence electrons. The van der Waals surface area contributed by atoms with Crippen LogP contribution in [0.4, 0.5) is 13.2 Å². The van der Waals surface area contributed by atoms with E-state index in [9.17, 15) is 18.0 Å². The zero-order chi connectivity index (χ0) is 14.8. The number of hydrazine groups is 1. The summed E-state index contributed by atoms with van der Waals surface area (Å²) in [5.74, 6) is -0.361. The molecule has 2 rings (SSSR count). The van der Waals surface area contributed by atoms with Gasteiger partial charge in [-0.1, -0.05) is 31.2 Å². The van der Waals surface area contributed by atoms with Gasteiger partial charge in [0, 0.05) is 13.0 Å². The fraction of sp³-hybridized carbons (Fsp3) is 0.500. The van der Waals surface area contributed by atoms with Gasteiger partial charge in [-0.05, 0) is 24.0 Å². The van der Waals surface area contributed by atoms with Crippen LogP contribution in [0.2, 0.25) is 0 Å². The van der Waals surface area contributed by atoms with Crippen LogP contribution in [0.5, 0.6) is 0 Å². The summed E-state index contributed by atoms with van der Waals surface area (Å²) in [5.41, 5.74) is 3.98. The van der Waals surface area contributed by atoms with E-state index in [-0.39, 0.29) is 25.3 Å². The molecule has 1 aliphatic heterocycles. The first-order valence-electron chi connectivity index (χ1n) is 6.61. The van der Waals surface area contributed by atoms with Crippen molar-refractivity contribution in [3.8, 4) is 0 Å². The first-order valence-corrected chi connectivity index (χ1v) is 6.61. The molecule has 1 atom stereocenters. The first-order chi connectivity index (χ1) is 9.40. The monoisotopic (exact) mass is 286 g/mol. The molecule has 1 amide bonds. The molecule has 1 saturated heterocycles. The predicted molar refractivity (Wildman–Crippen MR) is 68.8 cm³/mol. The number of benzene rings is 1. The van der Waals surface area contributed by atoms with Crippen molar-refractivity contribution in [3.63, 3.8) is 0 Å². The molecule has 6 heteroatoms. The molecular weight excluding hydrogens is 269 g/mol. The van der Waals surface area contributed by atoms with Crippen molar-refractivity contribution >= 4 is 5.91 Å². The molecule has 1 unspecified atom stereocenters. The largest absolute Gasteiger partial charge is 0.406 e. The van der Waals surface area contributed by atoms with Gasteiger partial charge in [0.05, 0.1) is 0 Å². The van der Waals surface area contributed by atoms with Crippen molar-refractivity contribution in [2.45, 2.75) is 38.4 Å². The average molecular weight is 286 g/mol. The molecule has 1 aliphatic rings. The van der Waals surface area contributed by atoms with E-state index >= 15 is 0 Å². The zero-order valence-corrected chi connectivity index (χ0v) is 11.2. The van der Waals surface area contributed by atoms with E-state index in [2.05, 4.69) is 5.43 Å². The van der Waals surface area contributed by atoms with Crippen LogP contribution in [0.3, 0.4) is 0 Å². The van der Waals surface area contributed by atoms with Crippen molar-refractivity contribution in [3.05, 3.63) is 35.4 Å². The Hall–Kier alpha value is -1.56. The lowest BCUT2D eigenvalue weighted by atomic mass is 10.0. The summed E-state index contributed by atoms with van der Waals surface area (Å²) in [6.45, 7) is 2.09. The summed E-state index contributed by atoms with van der Waals surface area (Å²) in [6, 6.07) is 5.43. The highest BCUT2D eigenvalue weighted by Crippen LogP contribution is 2.28. The third-order valence-electron chi connectivity index (χ3n) is 3.46. The number of alkyl halides is 3. The third-order valence-corrected chi connectivity index (χ3v) is 3.46. The van der Waals surface area contributed by atoms with E-state index < -0.39 is 12.2 Å². The maximum atomic E-state index is 13.1. The number of hydrogen-bond acceptors (Lipinski definition) is 2. The molecule has 1 heterocycles. The number of rotatable bonds is 4. The molecule has 1 N–H and O–H groups in total. The van der Waals surface area contributed by atoms with Crippen LogP contribution in [0, 0.1) is 0 Å². The van der Waals surface area contributed by atoms with Gasteiger partial charge in [0.1, 0.15) is 6.04 Å². The quantitative estimate of drug-likeness (QED) is 0.922. The van der Waals surface area contributed by atoms with Crippen molar-refractivity contribution in [1.29, 1.82) is 0 Å². The van der Waals surface area contributed by atoms with E-state index in [1.165, 1.54) is 0 Å². The van der Waals surface area contributed by atoms with Gasteiger partial charge in [-0.2, -0.15) is 13.2 Å².